The third kappa shape index (κ3) is 3.85. The van der Waals surface area contributed by atoms with Crippen molar-refractivity contribution in [2.45, 2.75) is 17.6 Å². The number of thioether (sulfide) groups is 1. The van der Waals surface area contributed by atoms with Gasteiger partial charge in [-0.15, -0.1) is 11.8 Å². The van der Waals surface area contributed by atoms with Crippen LogP contribution in [0.4, 0.5) is 0 Å². The lowest BCUT2D eigenvalue weighted by Gasteiger charge is -2.06. The first kappa shape index (κ1) is 14.2. The van der Waals surface area contributed by atoms with Crippen molar-refractivity contribution in [2.75, 3.05) is 0 Å². The summed E-state index contributed by atoms with van der Waals surface area (Å²) in [6, 6.07) is 13.5. The lowest BCUT2D eigenvalue weighted by Crippen LogP contribution is -1.96. The summed E-state index contributed by atoms with van der Waals surface area (Å²) in [6.45, 7) is 2.07. The van der Waals surface area contributed by atoms with Crippen molar-refractivity contribution in [3.05, 3.63) is 63.6 Å². The normalized spacial score (nSPS) is 10.4. The molecule has 0 aromatic heterocycles. The predicted molar refractivity (Wildman–Crippen MR) is 81.8 cm³/mol. The van der Waals surface area contributed by atoms with E-state index >= 15 is 0 Å². The Labute approximate surface area is 125 Å². The molecule has 0 atom stereocenters. The molecular formula is C15H13BrO2S. The van der Waals surface area contributed by atoms with Crippen LogP contribution in [-0.4, -0.2) is 11.1 Å². The highest BCUT2D eigenvalue weighted by molar-refractivity contribution is 9.10. The van der Waals surface area contributed by atoms with Gasteiger partial charge in [-0.25, -0.2) is 4.79 Å². The van der Waals surface area contributed by atoms with Crippen LogP contribution >= 0.6 is 27.7 Å². The Balaban J connectivity index is 2.07. The molecule has 0 spiro atoms. The van der Waals surface area contributed by atoms with Gasteiger partial charge in [-0.3, -0.25) is 0 Å². The Kier molecular flexibility index (Phi) is 4.66. The summed E-state index contributed by atoms with van der Waals surface area (Å²) in [4.78, 5) is 12.1. The molecule has 0 heterocycles. The van der Waals surface area contributed by atoms with Crippen LogP contribution < -0.4 is 0 Å². The van der Waals surface area contributed by atoms with E-state index < -0.39 is 5.97 Å². The van der Waals surface area contributed by atoms with Crippen molar-refractivity contribution in [3.63, 3.8) is 0 Å². The minimum atomic E-state index is -0.904. The minimum absolute atomic E-state index is 0.302. The van der Waals surface area contributed by atoms with Crippen LogP contribution in [0.3, 0.4) is 0 Å². The molecule has 0 bridgehead atoms. The third-order valence-corrected chi connectivity index (χ3v) is 4.51. The Morgan fingerprint density at radius 1 is 1.21 bits per heavy atom. The summed E-state index contributed by atoms with van der Waals surface area (Å²) < 4.78 is 0.840. The van der Waals surface area contributed by atoms with E-state index in [1.54, 1.807) is 23.9 Å². The SMILES string of the molecule is Cc1ccc(SCc2ccc(C(=O)O)cc2Br)cc1. The van der Waals surface area contributed by atoms with Crippen molar-refractivity contribution in [1.82, 2.24) is 0 Å². The van der Waals surface area contributed by atoms with Gasteiger partial charge in [-0.05, 0) is 36.8 Å². The zero-order valence-corrected chi connectivity index (χ0v) is 12.8. The van der Waals surface area contributed by atoms with Crippen LogP contribution in [0.1, 0.15) is 21.5 Å². The maximum absolute atomic E-state index is 10.8. The number of hydrogen-bond donors (Lipinski definition) is 1. The van der Waals surface area contributed by atoms with Gasteiger partial charge in [0.05, 0.1) is 5.56 Å². The number of rotatable bonds is 4. The van der Waals surface area contributed by atoms with E-state index in [1.807, 2.05) is 6.07 Å². The molecule has 0 saturated heterocycles. The molecule has 0 fully saturated rings. The number of benzene rings is 2. The maximum atomic E-state index is 10.8. The van der Waals surface area contributed by atoms with Crippen molar-refractivity contribution in [1.29, 1.82) is 0 Å². The summed E-state index contributed by atoms with van der Waals surface area (Å²) in [5.74, 6) is -0.0952. The number of aryl methyl sites for hydroxylation is 1. The van der Waals surface area contributed by atoms with Crippen LogP contribution in [-0.2, 0) is 5.75 Å². The van der Waals surface area contributed by atoms with E-state index in [4.69, 9.17) is 5.11 Å². The molecule has 98 valence electrons. The van der Waals surface area contributed by atoms with Crippen LogP contribution in [0.15, 0.2) is 51.8 Å². The van der Waals surface area contributed by atoms with Gasteiger partial charge in [0.25, 0.3) is 0 Å². The molecule has 0 amide bonds. The fourth-order valence-electron chi connectivity index (χ4n) is 1.59. The molecule has 0 aliphatic carbocycles. The molecule has 19 heavy (non-hydrogen) atoms. The Hall–Kier alpha value is -1.26. The molecule has 2 aromatic rings. The summed E-state index contributed by atoms with van der Waals surface area (Å²) in [5, 5.41) is 8.91. The molecule has 0 unspecified atom stereocenters. The lowest BCUT2D eigenvalue weighted by molar-refractivity contribution is 0.0697. The summed E-state index contributed by atoms with van der Waals surface area (Å²) in [5.41, 5.74) is 2.64. The summed E-state index contributed by atoms with van der Waals surface area (Å²) in [7, 11) is 0. The number of hydrogen-bond acceptors (Lipinski definition) is 2. The second-order valence-corrected chi connectivity index (χ2v) is 6.12. The quantitative estimate of drug-likeness (QED) is 0.818. The number of halogens is 1. The van der Waals surface area contributed by atoms with Gasteiger partial charge in [-0.2, -0.15) is 0 Å². The van der Waals surface area contributed by atoms with Gasteiger partial charge in [0.2, 0.25) is 0 Å². The molecule has 0 aliphatic heterocycles. The maximum Gasteiger partial charge on any atom is 0.335 e. The van der Waals surface area contributed by atoms with Crippen molar-refractivity contribution in [2.24, 2.45) is 0 Å². The number of carboxylic acid groups (broad SMARTS) is 1. The van der Waals surface area contributed by atoms with E-state index in [1.165, 1.54) is 10.5 Å². The first-order valence-corrected chi connectivity index (χ1v) is 7.55. The molecule has 2 aromatic carbocycles. The zero-order chi connectivity index (χ0) is 13.8. The van der Waals surface area contributed by atoms with E-state index in [-0.39, 0.29) is 0 Å². The van der Waals surface area contributed by atoms with Crippen LogP contribution in [0.2, 0.25) is 0 Å². The molecule has 2 nitrogen and oxygen atoms in total. The highest BCUT2D eigenvalue weighted by Gasteiger charge is 2.07. The first-order valence-electron chi connectivity index (χ1n) is 5.77. The fourth-order valence-corrected chi connectivity index (χ4v) is 3.20. The van der Waals surface area contributed by atoms with Crippen LogP contribution in [0.25, 0.3) is 0 Å². The van der Waals surface area contributed by atoms with Crippen LogP contribution in [0.5, 0.6) is 0 Å². The number of carboxylic acids is 1. The Bertz CT molecular complexity index is 594. The standard InChI is InChI=1S/C15H13BrO2S/c1-10-2-6-13(7-3-10)19-9-12-5-4-11(15(17)18)8-14(12)16/h2-8H,9H2,1H3,(H,17,18). The minimum Gasteiger partial charge on any atom is -0.478 e. The molecule has 1 N–H and O–H groups in total. The zero-order valence-electron chi connectivity index (χ0n) is 10.4. The van der Waals surface area contributed by atoms with Crippen molar-refractivity contribution < 1.29 is 9.90 Å². The van der Waals surface area contributed by atoms with Gasteiger partial charge < -0.3 is 5.11 Å². The molecule has 2 rings (SSSR count). The summed E-state index contributed by atoms with van der Waals surface area (Å²) in [6.07, 6.45) is 0. The number of aromatic carboxylic acids is 1. The monoisotopic (exact) mass is 336 g/mol. The van der Waals surface area contributed by atoms with Crippen LogP contribution in [0, 0.1) is 6.92 Å². The second-order valence-electron chi connectivity index (χ2n) is 4.21. The highest BCUT2D eigenvalue weighted by Crippen LogP contribution is 2.27. The van der Waals surface area contributed by atoms with Gasteiger partial charge in [0, 0.05) is 15.1 Å². The third-order valence-electron chi connectivity index (χ3n) is 2.72. The molecule has 4 heteroatoms. The number of carbonyl (C=O) groups is 1. The van der Waals surface area contributed by atoms with E-state index in [0.717, 1.165) is 15.8 Å². The fraction of sp³-hybridized carbons (Fsp3) is 0.133. The predicted octanol–water partition coefficient (Wildman–Crippen LogP) is 4.75. The van der Waals surface area contributed by atoms with E-state index in [0.29, 0.717) is 5.56 Å². The average molecular weight is 337 g/mol. The average Bonchev–Trinajstić information content (AvgIpc) is 2.39. The smallest absolute Gasteiger partial charge is 0.335 e. The first-order chi connectivity index (χ1) is 9.06. The Morgan fingerprint density at radius 2 is 1.89 bits per heavy atom. The molecule has 0 radical (unpaired) electrons. The van der Waals surface area contributed by atoms with Gasteiger partial charge in [0.1, 0.15) is 0 Å². The lowest BCUT2D eigenvalue weighted by atomic mass is 10.1. The topological polar surface area (TPSA) is 37.3 Å². The second kappa shape index (κ2) is 6.26. The molecular weight excluding hydrogens is 324 g/mol. The highest BCUT2D eigenvalue weighted by atomic mass is 79.9. The van der Waals surface area contributed by atoms with E-state index in [2.05, 4.69) is 47.1 Å². The Morgan fingerprint density at radius 3 is 2.47 bits per heavy atom. The van der Waals surface area contributed by atoms with Gasteiger partial charge >= 0.3 is 5.97 Å². The molecule has 0 saturated carbocycles. The van der Waals surface area contributed by atoms with Crippen molar-refractivity contribution >= 4 is 33.7 Å². The molecule has 0 aliphatic rings. The largest absolute Gasteiger partial charge is 0.478 e. The van der Waals surface area contributed by atoms with Gasteiger partial charge in [0.15, 0.2) is 0 Å². The van der Waals surface area contributed by atoms with Crippen molar-refractivity contribution in [3.8, 4) is 0 Å². The van der Waals surface area contributed by atoms with Gasteiger partial charge in [-0.1, -0.05) is 39.7 Å². The van der Waals surface area contributed by atoms with E-state index in [9.17, 15) is 4.79 Å². The summed E-state index contributed by atoms with van der Waals surface area (Å²) >= 11 is 5.16.